The second kappa shape index (κ2) is 7.41. The first-order chi connectivity index (χ1) is 12.4. The Morgan fingerprint density at radius 1 is 1.08 bits per heavy atom. The molecule has 0 aliphatic heterocycles. The van der Waals surface area contributed by atoms with Crippen molar-refractivity contribution in [2.45, 2.75) is 11.1 Å². The predicted octanol–water partition coefficient (Wildman–Crippen LogP) is 3.92. The highest BCUT2D eigenvalue weighted by atomic mass is 32.2. The number of hydrogen-bond acceptors (Lipinski definition) is 6. The maximum absolute atomic E-state index is 13.5. The largest absolute Gasteiger partial charge is 0.453 e. The Hall–Kier alpha value is -2.47. The van der Waals surface area contributed by atoms with E-state index >= 15 is 0 Å². The van der Waals surface area contributed by atoms with Crippen LogP contribution in [0.5, 0.6) is 0 Å². The molecular formula is C15H10F4N4O2S. The molecule has 1 aromatic heterocycles. The third-order valence-corrected chi connectivity index (χ3v) is 3.81. The van der Waals surface area contributed by atoms with Crippen molar-refractivity contribution in [1.29, 1.82) is 0 Å². The highest BCUT2D eigenvalue weighted by molar-refractivity contribution is 7.94. The Balaban J connectivity index is 2.06. The Morgan fingerprint density at radius 3 is 2.42 bits per heavy atom. The van der Waals surface area contributed by atoms with E-state index in [1.54, 1.807) is 12.1 Å². The second-order valence-electron chi connectivity index (χ2n) is 4.92. The molecule has 0 saturated heterocycles. The van der Waals surface area contributed by atoms with E-state index in [1.807, 2.05) is 0 Å². The van der Waals surface area contributed by atoms with Crippen LogP contribution in [0.1, 0.15) is 5.82 Å². The van der Waals surface area contributed by atoms with E-state index in [2.05, 4.69) is 19.4 Å². The zero-order chi connectivity index (χ0) is 18.7. The fourth-order valence-corrected chi connectivity index (χ4v) is 2.49. The number of nitrogens with zero attached hydrogens (tertiary/aromatic N) is 3. The lowest BCUT2D eigenvalue weighted by atomic mass is 10.2. The van der Waals surface area contributed by atoms with Crippen LogP contribution < -0.4 is 5.90 Å². The van der Waals surface area contributed by atoms with Crippen molar-refractivity contribution in [3.63, 3.8) is 0 Å². The van der Waals surface area contributed by atoms with Crippen molar-refractivity contribution < 1.29 is 26.9 Å². The van der Waals surface area contributed by atoms with Crippen molar-refractivity contribution >= 4 is 12.0 Å². The summed E-state index contributed by atoms with van der Waals surface area (Å²) in [5.41, 5.74) is 0.455. The number of halogens is 4. The summed E-state index contributed by atoms with van der Waals surface area (Å²) in [6.07, 6.45) is -4.74. The molecule has 136 valence electrons. The summed E-state index contributed by atoms with van der Waals surface area (Å²) in [5, 5.41) is 3.52. The molecule has 26 heavy (non-hydrogen) atoms. The van der Waals surface area contributed by atoms with E-state index in [0.717, 1.165) is 22.8 Å². The molecule has 0 amide bonds. The van der Waals surface area contributed by atoms with E-state index in [4.69, 9.17) is 5.90 Å². The van der Waals surface area contributed by atoms with Gasteiger partial charge < -0.3 is 0 Å². The number of benzene rings is 2. The van der Waals surface area contributed by atoms with Gasteiger partial charge in [0.15, 0.2) is 5.82 Å². The maximum Gasteiger partial charge on any atom is 0.453 e. The zero-order valence-electron chi connectivity index (χ0n) is 12.8. The average molecular weight is 386 g/mol. The topological polar surface area (TPSA) is 75.2 Å². The van der Waals surface area contributed by atoms with Gasteiger partial charge in [0, 0.05) is 10.5 Å². The summed E-state index contributed by atoms with van der Waals surface area (Å²) in [4.78, 5) is 8.09. The lowest BCUT2D eigenvalue weighted by molar-refractivity contribution is -0.195. The monoisotopic (exact) mass is 386 g/mol. The van der Waals surface area contributed by atoms with E-state index in [9.17, 15) is 17.6 Å². The van der Waals surface area contributed by atoms with Crippen molar-refractivity contribution in [2.75, 3.05) is 0 Å². The van der Waals surface area contributed by atoms with Gasteiger partial charge in [-0.05, 0) is 36.4 Å². The highest BCUT2D eigenvalue weighted by Crippen LogP contribution is 2.31. The Bertz CT molecular complexity index is 899. The zero-order valence-corrected chi connectivity index (χ0v) is 13.6. The molecule has 2 N–H and O–H groups in total. The molecule has 0 atom stereocenters. The molecular weight excluding hydrogens is 376 g/mol. The predicted molar refractivity (Wildman–Crippen MR) is 84.0 cm³/mol. The SMILES string of the molecule is NOOSc1ccc(-n2nc(C(F)(F)F)nc2-c2cccc(F)c2)cc1. The van der Waals surface area contributed by atoms with Gasteiger partial charge in [0.05, 0.1) is 17.7 Å². The van der Waals surface area contributed by atoms with Crippen molar-refractivity contribution in [1.82, 2.24) is 14.8 Å². The number of hydrogen-bond donors (Lipinski definition) is 1. The lowest BCUT2D eigenvalue weighted by Gasteiger charge is -2.07. The molecule has 0 spiro atoms. The molecule has 1 heterocycles. The average Bonchev–Trinajstić information content (AvgIpc) is 3.06. The summed E-state index contributed by atoms with van der Waals surface area (Å²) >= 11 is 0.814. The van der Waals surface area contributed by atoms with Crippen LogP contribution in [-0.2, 0) is 15.5 Å². The summed E-state index contributed by atoms with van der Waals surface area (Å²) in [6.45, 7) is 0. The van der Waals surface area contributed by atoms with Crippen LogP contribution in [0.15, 0.2) is 53.4 Å². The minimum atomic E-state index is -4.74. The third kappa shape index (κ3) is 4.02. The third-order valence-electron chi connectivity index (χ3n) is 3.19. The van der Waals surface area contributed by atoms with Gasteiger partial charge in [0.2, 0.25) is 0 Å². The molecule has 3 rings (SSSR count). The molecule has 11 heteroatoms. The molecule has 0 radical (unpaired) electrons. The summed E-state index contributed by atoms with van der Waals surface area (Å²) < 4.78 is 58.1. The number of rotatable bonds is 5. The second-order valence-corrected chi connectivity index (χ2v) is 5.69. The smallest absolute Gasteiger partial charge is 0.213 e. The molecule has 0 fully saturated rings. The Morgan fingerprint density at radius 2 is 1.81 bits per heavy atom. The normalized spacial score (nSPS) is 11.7. The highest BCUT2D eigenvalue weighted by Gasteiger charge is 2.37. The minimum absolute atomic E-state index is 0.140. The Labute approximate surface area is 148 Å². The molecule has 0 aliphatic rings. The van der Waals surface area contributed by atoms with E-state index in [1.165, 1.54) is 30.3 Å². The van der Waals surface area contributed by atoms with Crippen molar-refractivity contribution in [2.24, 2.45) is 5.90 Å². The van der Waals surface area contributed by atoms with E-state index < -0.39 is 17.8 Å². The van der Waals surface area contributed by atoms with Gasteiger partial charge in [-0.2, -0.15) is 19.1 Å². The first-order valence-electron chi connectivity index (χ1n) is 6.99. The number of aromatic nitrogens is 3. The molecule has 0 aliphatic carbocycles. The van der Waals surface area contributed by atoms with Crippen LogP contribution in [0.4, 0.5) is 17.6 Å². The quantitative estimate of drug-likeness (QED) is 0.310. The van der Waals surface area contributed by atoms with E-state index in [-0.39, 0.29) is 11.4 Å². The first-order valence-corrected chi connectivity index (χ1v) is 7.73. The fourth-order valence-electron chi connectivity index (χ4n) is 2.13. The standard InChI is InChI=1S/C15H10F4N4O2S/c16-10-3-1-2-9(8-10)13-21-14(15(17,18)19)22-23(13)11-4-6-12(7-5-11)26-25-24-20/h1-8H,20H2. The maximum atomic E-state index is 13.5. The van der Waals surface area contributed by atoms with Gasteiger partial charge in [-0.3, -0.25) is 0 Å². The van der Waals surface area contributed by atoms with Crippen LogP contribution in [-0.4, -0.2) is 14.8 Å². The number of nitrogens with two attached hydrogens (primary N) is 1. The van der Waals surface area contributed by atoms with Gasteiger partial charge in [-0.25, -0.2) is 14.1 Å². The summed E-state index contributed by atoms with van der Waals surface area (Å²) in [7, 11) is 0. The van der Waals surface area contributed by atoms with Crippen LogP contribution in [0.3, 0.4) is 0 Å². The summed E-state index contributed by atoms with van der Waals surface area (Å²) in [5.74, 6) is 2.67. The van der Waals surface area contributed by atoms with Gasteiger partial charge in [0.1, 0.15) is 5.82 Å². The lowest BCUT2D eigenvalue weighted by Crippen LogP contribution is -2.08. The van der Waals surface area contributed by atoms with E-state index in [0.29, 0.717) is 10.6 Å². The summed E-state index contributed by atoms with van der Waals surface area (Å²) in [6, 6.07) is 11.2. The molecule has 0 bridgehead atoms. The number of alkyl halides is 3. The van der Waals surface area contributed by atoms with Crippen molar-refractivity contribution in [3.8, 4) is 17.1 Å². The van der Waals surface area contributed by atoms with Crippen LogP contribution in [0.25, 0.3) is 17.1 Å². The molecule has 0 unspecified atom stereocenters. The van der Waals surface area contributed by atoms with Crippen LogP contribution in [0.2, 0.25) is 0 Å². The van der Waals surface area contributed by atoms with Gasteiger partial charge in [-0.15, -0.1) is 14.4 Å². The molecule has 3 aromatic rings. The van der Waals surface area contributed by atoms with Crippen LogP contribution in [0, 0.1) is 5.82 Å². The van der Waals surface area contributed by atoms with Gasteiger partial charge in [0.25, 0.3) is 5.82 Å². The fraction of sp³-hybridized carbons (Fsp3) is 0.0667. The van der Waals surface area contributed by atoms with Crippen LogP contribution >= 0.6 is 12.0 Å². The molecule has 6 nitrogen and oxygen atoms in total. The molecule has 2 aromatic carbocycles. The molecule has 0 saturated carbocycles. The minimum Gasteiger partial charge on any atom is -0.213 e. The van der Waals surface area contributed by atoms with Crippen molar-refractivity contribution in [3.05, 3.63) is 60.2 Å². The van der Waals surface area contributed by atoms with Gasteiger partial charge in [-0.1, -0.05) is 12.1 Å². The Kier molecular flexibility index (Phi) is 5.23. The first kappa shape index (κ1) is 18.3. The van der Waals surface area contributed by atoms with Gasteiger partial charge >= 0.3 is 6.18 Å².